The fourth-order valence-corrected chi connectivity index (χ4v) is 2.50. The number of rotatable bonds is 4. The van der Waals surface area contributed by atoms with Crippen LogP contribution in [0.3, 0.4) is 0 Å². The lowest BCUT2D eigenvalue weighted by Crippen LogP contribution is -2.45. The van der Waals surface area contributed by atoms with E-state index in [1.807, 2.05) is 19.0 Å². The van der Waals surface area contributed by atoms with Gasteiger partial charge in [-0.3, -0.25) is 9.48 Å². The minimum atomic E-state index is -0.449. The molecule has 106 valence electrons. The number of carbonyl (C=O) groups excluding carboxylic acids is 1. The maximum Gasteiger partial charge on any atom is 0.254 e. The van der Waals surface area contributed by atoms with Gasteiger partial charge in [0, 0.05) is 33.7 Å². The number of hydrogen-bond donors (Lipinski definition) is 2. The van der Waals surface area contributed by atoms with Gasteiger partial charge >= 0.3 is 0 Å². The van der Waals surface area contributed by atoms with Crippen LogP contribution >= 0.6 is 0 Å². The third-order valence-electron chi connectivity index (χ3n) is 3.28. The molecule has 2 heterocycles. The number of aryl methyl sites for hydroxylation is 2. The lowest BCUT2D eigenvalue weighted by atomic mass is 10.2. The number of amides is 1. The maximum atomic E-state index is 11.6. The van der Waals surface area contributed by atoms with Crippen molar-refractivity contribution in [1.29, 1.82) is 0 Å². The Morgan fingerprint density at radius 3 is 3.00 bits per heavy atom. The van der Waals surface area contributed by atoms with Crippen molar-refractivity contribution in [1.82, 2.24) is 15.1 Å². The lowest BCUT2D eigenvalue weighted by molar-refractivity contribution is 0.0338. The summed E-state index contributed by atoms with van der Waals surface area (Å²) < 4.78 is 7.35. The molecule has 0 aliphatic carbocycles. The molecule has 0 spiro atoms. The number of nitrogens with one attached hydrogen (secondary N) is 1. The summed E-state index contributed by atoms with van der Waals surface area (Å²) in [6.45, 7) is 4.89. The van der Waals surface area contributed by atoms with E-state index in [1.54, 1.807) is 11.6 Å². The fraction of sp³-hybridized carbons (Fsp3) is 0.667. The van der Waals surface area contributed by atoms with Crippen LogP contribution in [0.25, 0.3) is 0 Å². The summed E-state index contributed by atoms with van der Waals surface area (Å²) in [6, 6.07) is 0. The molecule has 7 nitrogen and oxygen atoms in total. The Morgan fingerprint density at radius 1 is 1.68 bits per heavy atom. The predicted molar refractivity (Wildman–Crippen MR) is 72.3 cm³/mol. The van der Waals surface area contributed by atoms with Crippen molar-refractivity contribution in [2.75, 3.05) is 38.2 Å². The number of carbonyl (C=O) groups is 1. The molecule has 1 aliphatic heterocycles. The van der Waals surface area contributed by atoms with Crippen molar-refractivity contribution in [3.8, 4) is 0 Å². The van der Waals surface area contributed by atoms with Gasteiger partial charge in [-0.1, -0.05) is 0 Å². The second-order valence-electron chi connectivity index (χ2n) is 4.85. The van der Waals surface area contributed by atoms with E-state index in [0.29, 0.717) is 24.4 Å². The van der Waals surface area contributed by atoms with Crippen LogP contribution < -0.4 is 16.0 Å². The van der Waals surface area contributed by atoms with Crippen LogP contribution in [0.15, 0.2) is 0 Å². The zero-order chi connectivity index (χ0) is 14.0. The third-order valence-corrected chi connectivity index (χ3v) is 3.28. The van der Waals surface area contributed by atoms with Gasteiger partial charge in [-0.05, 0) is 6.92 Å². The van der Waals surface area contributed by atoms with Crippen LogP contribution in [0.1, 0.15) is 16.1 Å². The molecule has 0 radical (unpaired) electrons. The predicted octanol–water partition coefficient (Wildman–Crippen LogP) is -0.748. The van der Waals surface area contributed by atoms with Crippen LogP contribution in [0, 0.1) is 6.92 Å². The summed E-state index contributed by atoms with van der Waals surface area (Å²) in [5.74, 6) is 0.286. The van der Waals surface area contributed by atoms with E-state index in [1.165, 1.54) is 0 Å². The van der Waals surface area contributed by atoms with E-state index in [-0.39, 0.29) is 6.10 Å². The highest BCUT2D eigenvalue weighted by Gasteiger charge is 2.23. The SMILES string of the molecule is Cc1nn(C)c(N(C)CC2CNCCO2)c1C(N)=O. The monoisotopic (exact) mass is 267 g/mol. The molecule has 1 amide bonds. The summed E-state index contributed by atoms with van der Waals surface area (Å²) in [5, 5.41) is 7.55. The summed E-state index contributed by atoms with van der Waals surface area (Å²) in [6.07, 6.45) is 0.106. The Bertz CT molecular complexity index is 465. The number of ether oxygens (including phenoxy) is 1. The van der Waals surface area contributed by atoms with E-state index in [0.717, 1.165) is 18.9 Å². The van der Waals surface area contributed by atoms with E-state index < -0.39 is 5.91 Å². The van der Waals surface area contributed by atoms with Gasteiger partial charge in [-0.15, -0.1) is 0 Å². The van der Waals surface area contributed by atoms with Crippen molar-refractivity contribution >= 4 is 11.7 Å². The van der Waals surface area contributed by atoms with E-state index in [2.05, 4.69) is 10.4 Å². The van der Waals surface area contributed by atoms with Crippen LogP contribution in [-0.2, 0) is 11.8 Å². The molecular weight excluding hydrogens is 246 g/mol. The average Bonchev–Trinajstić information content (AvgIpc) is 2.65. The van der Waals surface area contributed by atoms with Gasteiger partial charge in [0.1, 0.15) is 11.4 Å². The molecule has 0 bridgehead atoms. The van der Waals surface area contributed by atoms with Crippen LogP contribution in [0.4, 0.5) is 5.82 Å². The minimum absolute atomic E-state index is 0.106. The Kier molecular flexibility index (Phi) is 4.06. The maximum absolute atomic E-state index is 11.6. The van der Waals surface area contributed by atoms with Gasteiger partial charge in [0.2, 0.25) is 0 Å². The van der Waals surface area contributed by atoms with E-state index in [9.17, 15) is 4.79 Å². The van der Waals surface area contributed by atoms with E-state index >= 15 is 0 Å². The first kappa shape index (κ1) is 13.8. The number of likely N-dealkylation sites (N-methyl/N-ethyl adjacent to an activating group) is 1. The minimum Gasteiger partial charge on any atom is -0.374 e. The van der Waals surface area contributed by atoms with Crippen molar-refractivity contribution in [3.63, 3.8) is 0 Å². The number of aromatic nitrogens is 2. The van der Waals surface area contributed by atoms with Crippen LogP contribution in [0.2, 0.25) is 0 Å². The molecule has 1 saturated heterocycles. The largest absolute Gasteiger partial charge is 0.374 e. The van der Waals surface area contributed by atoms with Gasteiger partial charge in [0.25, 0.3) is 5.91 Å². The van der Waals surface area contributed by atoms with Crippen LogP contribution in [-0.4, -0.2) is 55.1 Å². The fourth-order valence-electron chi connectivity index (χ4n) is 2.50. The van der Waals surface area contributed by atoms with Gasteiger partial charge in [0.05, 0.1) is 18.4 Å². The zero-order valence-corrected chi connectivity index (χ0v) is 11.6. The molecule has 0 saturated carbocycles. The van der Waals surface area contributed by atoms with Crippen molar-refractivity contribution in [2.24, 2.45) is 12.8 Å². The first-order chi connectivity index (χ1) is 9.00. The Labute approximate surface area is 112 Å². The highest BCUT2D eigenvalue weighted by atomic mass is 16.5. The van der Waals surface area contributed by atoms with Gasteiger partial charge in [0.15, 0.2) is 0 Å². The van der Waals surface area contributed by atoms with Crippen molar-refractivity contribution < 1.29 is 9.53 Å². The van der Waals surface area contributed by atoms with Gasteiger partial charge in [-0.2, -0.15) is 5.10 Å². The first-order valence-corrected chi connectivity index (χ1v) is 6.37. The molecule has 1 aromatic heterocycles. The van der Waals surface area contributed by atoms with Crippen LogP contribution in [0.5, 0.6) is 0 Å². The summed E-state index contributed by atoms with van der Waals surface area (Å²) in [5.41, 5.74) is 6.57. The molecule has 1 aliphatic rings. The number of nitrogens with zero attached hydrogens (tertiary/aromatic N) is 3. The Balaban J connectivity index is 2.18. The molecular formula is C12H21N5O2. The molecule has 1 unspecified atom stereocenters. The Morgan fingerprint density at radius 2 is 2.42 bits per heavy atom. The highest BCUT2D eigenvalue weighted by molar-refractivity contribution is 5.99. The topological polar surface area (TPSA) is 85.4 Å². The second kappa shape index (κ2) is 5.58. The lowest BCUT2D eigenvalue weighted by Gasteiger charge is -2.29. The molecule has 1 atom stereocenters. The third kappa shape index (κ3) is 2.87. The molecule has 2 rings (SSSR count). The van der Waals surface area contributed by atoms with Crippen molar-refractivity contribution in [3.05, 3.63) is 11.3 Å². The first-order valence-electron chi connectivity index (χ1n) is 6.37. The normalized spacial score (nSPS) is 19.4. The number of nitrogens with two attached hydrogens (primary N) is 1. The summed E-state index contributed by atoms with van der Waals surface area (Å²) in [4.78, 5) is 13.5. The molecule has 1 fully saturated rings. The smallest absolute Gasteiger partial charge is 0.254 e. The molecule has 0 aromatic carbocycles. The number of anilines is 1. The second-order valence-corrected chi connectivity index (χ2v) is 4.85. The van der Waals surface area contributed by atoms with Crippen molar-refractivity contribution in [2.45, 2.75) is 13.0 Å². The van der Waals surface area contributed by atoms with E-state index in [4.69, 9.17) is 10.5 Å². The zero-order valence-electron chi connectivity index (χ0n) is 11.6. The number of primary amides is 1. The summed E-state index contributed by atoms with van der Waals surface area (Å²) in [7, 11) is 3.73. The van der Waals surface area contributed by atoms with Gasteiger partial charge in [-0.25, -0.2) is 0 Å². The number of hydrogen-bond acceptors (Lipinski definition) is 5. The summed E-state index contributed by atoms with van der Waals surface area (Å²) >= 11 is 0. The molecule has 19 heavy (non-hydrogen) atoms. The highest BCUT2D eigenvalue weighted by Crippen LogP contribution is 2.22. The molecule has 7 heteroatoms. The Hall–Kier alpha value is -1.60. The quantitative estimate of drug-likeness (QED) is 0.750. The van der Waals surface area contributed by atoms with Gasteiger partial charge < -0.3 is 20.7 Å². The molecule has 3 N–H and O–H groups in total. The average molecular weight is 267 g/mol. The molecule has 1 aromatic rings. The number of morpholine rings is 1. The standard InChI is InChI=1S/C12H21N5O2/c1-8-10(11(13)18)12(17(3)15-8)16(2)7-9-6-14-4-5-19-9/h9,14H,4-7H2,1-3H3,(H2,13,18).